The van der Waals surface area contributed by atoms with Gasteiger partial charge in [0.2, 0.25) is 0 Å². The van der Waals surface area contributed by atoms with E-state index in [0.717, 1.165) is 5.56 Å². The number of methoxy groups -OCH3 is 1. The smallest absolute Gasteiger partial charge is 0.105 e. The molecule has 2 heteroatoms. The van der Waals surface area contributed by atoms with Gasteiger partial charge in [-0.25, -0.2) is 0 Å². The maximum atomic E-state index is 10.1. The van der Waals surface area contributed by atoms with Crippen LogP contribution in [0.25, 0.3) is 0 Å². The zero-order chi connectivity index (χ0) is 11.5. The first-order chi connectivity index (χ1) is 7.72. The number of hydrogen-bond acceptors (Lipinski definition) is 2. The van der Waals surface area contributed by atoms with Crippen molar-refractivity contribution in [2.45, 2.75) is 44.3 Å². The molecule has 0 aliphatic heterocycles. The maximum Gasteiger partial charge on any atom is 0.105 e. The van der Waals surface area contributed by atoms with Gasteiger partial charge in [0.15, 0.2) is 0 Å². The largest absolute Gasteiger partial charge is 0.386 e. The molecule has 0 bridgehead atoms. The Morgan fingerprint density at radius 2 is 2.12 bits per heavy atom. The van der Waals surface area contributed by atoms with Gasteiger partial charge in [-0.15, -0.1) is 0 Å². The molecule has 2 rings (SSSR count). The highest BCUT2D eigenvalue weighted by molar-refractivity contribution is 5.29. The number of aliphatic hydroxyl groups excluding tert-OH is 1. The molecule has 2 atom stereocenters. The minimum Gasteiger partial charge on any atom is -0.386 e. The van der Waals surface area contributed by atoms with E-state index in [-0.39, 0.29) is 6.10 Å². The molecule has 0 saturated heterocycles. The van der Waals surface area contributed by atoms with E-state index in [1.807, 2.05) is 19.1 Å². The predicted molar refractivity (Wildman–Crippen MR) is 64.5 cm³/mol. The highest BCUT2D eigenvalue weighted by atomic mass is 16.5. The first kappa shape index (κ1) is 11.6. The van der Waals surface area contributed by atoms with E-state index in [1.165, 1.54) is 24.8 Å². The minimum atomic E-state index is -0.523. The van der Waals surface area contributed by atoms with E-state index >= 15 is 0 Å². The summed E-state index contributed by atoms with van der Waals surface area (Å²) in [5.41, 5.74) is 2.34. The summed E-state index contributed by atoms with van der Waals surface area (Å²) in [5.74, 6) is 0.713. The van der Waals surface area contributed by atoms with Crippen molar-refractivity contribution in [2.24, 2.45) is 0 Å². The third kappa shape index (κ3) is 2.28. The molecule has 16 heavy (non-hydrogen) atoms. The second kappa shape index (κ2) is 4.98. The summed E-state index contributed by atoms with van der Waals surface area (Å²) in [4.78, 5) is 0. The molecular formula is C14H20O2. The van der Waals surface area contributed by atoms with Crippen molar-refractivity contribution in [3.05, 3.63) is 35.4 Å². The van der Waals surface area contributed by atoms with Crippen LogP contribution < -0.4 is 0 Å². The fourth-order valence-electron chi connectivity index (χ4n) is 2.14. The van der Waals surface area contributed by atoms with Crippen LogP contribution in [-0.2, 0) is 4.74 Å². The van der Waals surface area contributed by atoms with E-state index in [9.17, 15) is 5.11 Å². The van der Waals surface area contributed by atoms with Gasteiger partial charge >= 0.3 is 0 Å². The zero-order valence-corrected chi connectivity index (χ0v) is 10.0. The van der Waals surface area contributed by atoms with Gasteiger partial charge in [0.25, 0.3) is 0 Å². The van der Waals surface area contributed by atoms with Crippen LogP contribution >= 0.6 is 0 Å². The van der Waals surface area contributed by atoms with Crippen LogP contribution in [0.3, 0.4) is 0 Å². The molecule has 1 fully saturated rings. The Balaban J connectivity index is 2.14. The zero-order valence-electron chi connectivity index (χ0n) is 10.0. The molecule has 1 aromatic carbocycles. The van der Waals surface area contributed by atoms with E-state index in [0.29, 0.717) is 5.92 Å². The van der Waals surface area contributed by atoms with Crippen LogP contribution in [-0.4, -0.2) is 18.3 Å². The normalized spacial score (nSPS) is 20.2. The minimum absolute atomic E-state index is 0.156. The van der Waals surface area contributed by atoms with Crippen molar-refractivity contribution in [1.82, 2.24) is 0 Å². The van der Waals surface area contributed by atoms with Gasteiger partial charge in [0.1, 0.15) is 6.10 Å². The van der Waals surface area contributed by atoms with Crippen LogP contribution in [0.2, 0.25) is 0 Å². The second-order valence-corrected chi connectivity index (χ2v) is 4.68. The van der Waals surface area contributed by atoms with E-state index in [4.69, 9.17) is 4.74 Å². The Morgan fingerprint density at radius 1 is 1.38 bits per heavy atom. The predicted octanol–water partition coefficient (Wildman–Crippen LogP) is 3.02. The molecule has 0 amide bonds. The molecule has 1 aliphatic rings. The van der Waals surface area contributed by atoms with Gasteiger partial charge in [-0.3, -0.25) is 0 Å². The van der Waals surface area contributed by atoms with Crippen molar-refractivity contribution in [1.29, 1.82) is 0 Å². The Morgan fingerprint density at radius 3 is 2.69 bits per heavy atom. The quantitative estimate of drug-likeness (QED) is 0.845. The van der Waals surface area contributed by atoms with E-state index in [1.54, 1.807) is 7.11 Å². The average Bonchev–Trinajstić information content (AvgIpc) is 2.25. The molecule has 2 unspecified atom stereocenters. The molecule has 88 valence electrons. The molecule has 0 aromatic heterocycles. The number of ether oxygens (including phenoxy) is 1. The lowest BCUT2D eigenvalue weighted by Crippen LogP contribution is -2.17. The van der Waals surface area contributed by atoms with Crippen molar-refractivity contribution in [2.75, 3.05) is 7.11 Å². The third-order valence-corrected chi connectivity index (χ3v) is 3.65. The monoisotopic (exact) mass is 220 g/mol. The van der Waals surface area contributed by atoms with Gasteiger partial charge in [-0.2, -0.15) is 0 Å². The number of aliphatic hydroxyl groups is 1. The van der Waals surface area contributed by atoms with Crippen LogP contribution in [0.5, 0.6) is 0 Å². The topological polar surface area (TPSA) is 29.5 Å². The SMILES string of the molecule is COC(C)C(O)c1cccc(C2CCC2)c1. The van der Waals surface area contributed by atoms with Gasteiger partial charge < -0.3 is 9.84 Å². The lowest BCUT2D eigenvalue weighted by molar-refractivity contribution is -0.00148. The summed E-state index contributed by atoms with van der Waals surface area (Å²) in [7, 11) is 1.63. The summed E-state index contributed by atoms with van der Waals surface area (Å²) in [6.07, 6.45) is 3.24. The fourth-order valence-corrected chi connectivity index (χ4v) is 2.14. The average molecular weight is 220 g/mol. The Bertz CT molecular complexity index is 344. The molecule has 0 spiro atoms. The summed E-state index contributed by atoms with van der Waals surface area (Å²) in [6.45, 7) is 1.89. The van der Waals surface area contributed by atoms with Crippen LogP contribution in [0, 0.1) is 0 Å². The summed E-state index contributed by atoms with van der Waals surface area (Å²) in [6, 6.07) is 8.30. The summed E-state index contributed by atoms with van der Waals surface area (Å²) >= 11 is 0. The first-order valence-corrected chi connectivity index (χ1v) is 6.03. The summed E-state index contributed by atoms with van der Waals surface area (Å²) in [5, 5.41) is 10.1. The van der Waals surface area contributed by atoms with Crippen molar-refractivity contribution in [3.8, 4) is 0 Å². The van der Waals surface area contributed by atoms with Crippen molar-refractivity contribution in [3.63, 3.8) is 0 Å². The highest BCUT2D eigenvalue weighted by Crippen LogP contribution is 2.37. The van der Waals surface area contributed by atoms with Gasteiger partial charge in [-0.05, 0) is 36.8 Å². The van der Waals surface area contributed by atoms with E-state index in [2.05, 4.69) is 12.1 Å². The van der Waals surface area contributed by atoms with E-state index < -0.39 is 6.10 Å². The number of rotatable bonds is 4. The molecular weight excluding hydrogens is 200 g/mol. The van der Waals surface area contributed by atoms with Crippen LogP contribution in [0.15, 0.2) is 24.3 Å². The van der Waals surface area contributed by atoms with Crippen LogP contribution in [0.1, 0.15) is 49.3 Å². The molecule has 1 saturated carbocycles. The number of hydrogen-bond donors (Lipinski definition) is 1. The highest BCUT2D eigenvalue weighted by Gasteiger charge is 2.21. The third-order valence-electron chi connectivity index (χ3n) is 3.65. The Labute approximate surface area is 97.3 Å². The van der Waals surface area contributed by atoms with Crippen molar-refractivity contribution >= 4 is 0 Å². The van der Waals surface area contributed by atoms with Gasteiger partial charge in [0, 0.05) is 7.11 Å². The van der Waals surface area contributed by atoms with Crippen LogP contribution in [0.4, 0.5) is 0 Å². The molecule has 0 heterocycles. The molecule has 1 N–H and O–H groups in total. The Hall–Kier alpha value is -0.860. The molecule has 0 radical (unpaired) electrons. The number of benzene rings is 1. The lowest BCUT2D eigenvalue weighted by Gasteiger charge is -2.27. The van der Waals surface area contributed by atoms with Crippen molar-refractivity contribution < 1.29 is 9.84 Å². The standard InChI is InChI=1S/C14H20O2/c1-10(16-2)14(15)13-8-4-7-12(9-13)11-5-3-6-11/h4,7-11,14-15H,3,5-6H2,1-2H3. The van der Waals surface area contributed by atoms with Gasteiger partial charge in [-0.1, -0.05) is 30.7 Å². The fraction of sp³-hybridized carbons (Fsp3) is 0.571. The Kier molecular flexibility index (Phi) is 3.62. The second-order valence-electron chi connectivity index (χ2n) is 4.68. The molecule has 2 nitrogen and oxygen atoms in total. The molecule has 1 aliphatic carbocycles. The maximum absolute atomic E-state index is 10.1. The molecule has 1 aromatic rings. The summed E-state index contributed by atoms with van der Waals surface area (Å²) < 4.78 is 5.16. The lowest BCUT2D eigenvalue weighted by atomic mass is 9.79. The first-order valence-electron chi connectivity index (χ1n) is 6.03. The van der Waals surface area contributed by atoms with Gasteiger partial charge in [0.05, 0.1) is 6.10 Å².